The third kappa shape index (κ3) is 2.66. The van der Waals surface area contributed by atoms with E-state index >= 15 is 0 Å². The van der Waals surface area contributed by atoms with Crippen molar-refractivity contribution in [2.75, 3.05) is 24.5 Å². The lowest BCUT2D eigenvalue weighted by Gasteiger charge is -2.49. The highest BCUT2D eigenvalue weighted by Crippen LogP contribution is 2.38. The average molecular weight is 313 g/mol. The van der Waals surface area contributed by atoms with E-state index in [1.54, 1.807) is 0 Å². The lowest BCUT2D eigenvalue weighted by molar-refractivity contribution is 0.111. The Bertz CT molecular complexity index is 457. The lowest BCUT2D eigenvalue weighted by Crippen LogP contribution is -2.59. The van der Waals surface area contributed by atoms with E-state index in [1.165, 1.54) is 25.8 Å². The topological polar surface area (TPSA) is 6.48 Å². The van der Waals surface area contributed by atoms with Gasteiger partial charge < -0.3 is 4.90 Å². The summed E-state index contributed by atoms with van der Waals surface area (Å²) < 4.78 is 0. The summed E-state index contributed by atoms with van der Waals surface area (Å²) in [6.45, 7) is 5.71. The molecule has 0 N–H and O–H groups in total. The molecule has 3 rings (SSSR count). The van der Waals surface area contributed by atoms with Crippen LogP contribution in [-0.2, 0) is 0 Å². The molecule has 2 aliphatic heterocycles. The Morgan fingerprint density at radius 3 is 2.60 bits per heavy atom. The molecule has 2 saturated heterocycles. The fourth-order valence-electron chi connectivity index (χ4n) is 3.64. The van der Waals surface area contributed by atoms with Gasteiger partial charge in [0.2, 0.25) is 0 Å². The lowest BCUT2D eigenvalue weighted by atomic mass is 9.95. The number of hydrogen-bond donors (Lipinski definition) is 0. The van der Waals surface area contributed by atoms with Crippen molar-refractivity contribution in [3.8, 4) is 0 Å². The highest BCUT2D eigenvalue weighted by atomic mass is 35.5. The molecule has 4 heteroatoms. The van der Waals surface area contributed by atoms with Crippen LogP contribution in [0.25, 0.3) is 0 Å². The number of piperazine rings is 1. The summed E-state index contributed by atoms with van der Waals surface area (Å²) in [6.07, 6.45) is 5.13. The first-order chi connectivity index (χ1) is 9.70. The summed E-state index contributed by atoms with van der Waals surface area (Å²) in [7, 11) is 0. The van der Waals surface area contributed by atoms with Gasteiger partial charge in [0.1, 0.15) is 0 Å². The quantitative estimate of drug-likeness (QED) is 0.796. The van der Waals surface area contributed by atoms with Gasteiger partial charge >= 0.3 is 0 Å². The fraction of sp³-hybridized carbons (Fsp3) is 0.625. The monoisotopic (exact) mass is 312 g/mol. The molecule has 2 unspecified atom stereocenters. The van der Waals surface area contributed by atoms with Gasteiger partial charge in [-0.3, -0.25) is 4.90 Å². The molecule has 2 fully saturated rings. The number of piperidine rings is 1. The van der Waals surface area contributed by atoms with Crippen molar-refractivity contribution in [1.82, 2.24) is 4.90 Å². The number of rotatable bonds is 2. The smallest absolute Gasteiger partial charge is 0.0748 e. The average Bonchev–Trinajstić information content (AvgIpc) is 2.46. The van der Waals surface area contributed by atoms with Crippen LogP contribution in [0.1, 0.15) is 32.6 Å². The molecule has 2 nitrogen and oxygen atoms in total. The van der Waals surface area contributed by atoms with Crippen LogP contribution in [0.3, 0.4) is 0 Å². The van der Waals surface area contributed by atoms with Crippen LogP contribution in [0.2, 0.25) is 10.0 Å². The van der Waals surface area contributed by atoms with Crippen LogP contribution in [0.5, 0.6) is 0 Å². The van der Waals surface area contributed by atoms with Gasteiger partial charge in [0.05, 0.1) is 15.7 Å². The molecule has 1 aromatic rings. The molecule has 0 radical (unpaired) electrons. The van der Waals surface area contributed by atoms with E-state index in [0.29, 0.717) is 12.1 Å². The van der Waals surface area contributed by atoms with Crippen molar-refractivity contribution in [2.45, 2.75) is 44.7 Å². The van der Waals surface area contributed by atoms with Crippen molar-refractivity contribution in [1.29, 1.82) is 0 Å². The predicted octanol–water partition coefficient (Wildman–Crippen LogP) is 4.45. The number of benzene rings is 1. The summed E-state index contributed by atoms with van der Waals surface area (Å²) in [5, 5.41) is 1.56. The maximum atomic E-state index is 6.42. The molecular formula is C16H22Cl2N2. The minimum Gasteiger partial charge on any atom is -0.363 e. The van der Waals surface area contributed by atoms with Crippen molar-refractivity contribution in [3.05, 3.63) is 28.2 Å². The summed E-state index contributed by atoms with van der Waals surface area (Å²) >= 11 is 12.8. The van der Waals surface area contributed by atoms with Crippen LogP contribution in [0.15, 0.2) is 18.2 Å². The van der Waals surface area contributed by atoms with Gasteiger partial charge in [-0.1, -0.05) is 42.6 Å². The highest BCUT2D eigenvalue weighted by Gasteiger charge is 2.35. The molecule has 0 aliphatic carbocycles. The Morgan fingerprint density at radius 2 is 1.90 bits per heavy atom. The zero-order valence-electron chi connectivity index (χ0n) is 12.0. The van der Waals surface area contributed by atoms with E-state index in [2.05, 4.69) is 16.7 Å². The Morgan fingerprint density at radius 1 is 1.15 bits per heavy atom. The van der Waals surface area contributed by atoms with Gasteiger partial charge in [-0.25, -0.2) is 0 Å². The predicted molar refractivity (Wildman–Crippen MR) is 87.1 cm³/mol. The summed E-state index contributed by atoms with van der Waals surface area (Å²) in [6, 6.07) is 7.00. The van der Waals surface area contributed by atoms with Crippen molar-refractivity contribution >= 4 is 28.9 Å². The first-order valence-electron chi connectivity index (χ1n) is 7.65. The van der Waals surface area contributed by atoms with Crippen molar-refractivity contribution in [3.63, 3.8) is 0 Å². The number of hydrogen-bond acceptors (Lipinski definition) is 2. The van der Waals surface area contributed by atoms with Gasteiger partial charge in [0.15, 0.2) is 0 Å². The first-order valence-corrected chi connectivity index (χ1v) is 8.41. The largest absolute Gasteiger partial charge is 0.363 e. The third-order valence-electron chi connectivity index (χ3n) is 4.74. The second kappa shape index (κ2) is 6.13. The molecule has 2 aliphatic rings. The maximum Gasteiger partial charge on any atom is 0.0748 e. The minimum absolute atomic E-state index is 0.516. The normalized spacial score (nSPS) is 27.4. The zero-order valence-corrected chi connectivity index (χ0v) is 13.5. The summed E-state index contributed by atoms with van der Waals surface area (Å²) in [4.78, 5) is 5.12. The summed E-state index contributed by atoms with van der Waals surface area (Å²) in [5.74, 6) is 0. The highest BCUT2D eigenvalue weighted by molar-refractivity contribution is 6.39. The van der Waals surface area contributed by atoms with E-state index in [0.717, 1.165) is 35.2 Å². The Labute approximate surface area is 131 Å². The van der Waals surface area contributed by atoms with Crippen LogP contribution in [-0.4, -0.2) is 36.6 Å². The number of nitrogens with zero attached hydrogens (tertiary/aromatic N) is 2. The molecule has 0 spiro atoms. The number of para-hydroxylation sites is 1. The van der Waals surface area contributed by atoms with Crippen LogP contribution in [0.4, 0.5) is 5.69 Å². The molecule has 110 valence electrons. The second-order valence-corrected chi connectivity index (χ2v) is 6.74. The molecular weight excluding hydrogens is 291 g/mol. The minimum atomic E-state index is 0.516. The zero-order chi connectivity index (χ0) is 14.1. The van der Waals surface area contributed by atoms with Gasteiger partial charge in [-0.15, -0.1) is 0 Å². The van der Waals surface area contributed by atoms with Gasteiger partial charge in [-0.05, 0) is 37.9 Å². The summed E-state index contributed by atoms with van der Waals surface area (Å²) in [5.41, 5.74) is 1.04. The Hall–Kier alpha value is -0.440. The van der Waals surface area contributed by atoms with Crippen LogP contribution in [0, 0.1) is 0 Å². The van der Waals surface area contributed by atoms with E-state index in [9.17, 15) is 0 Å². The fourth-order valence-corrected chi connectivity index (χ4v) is 4.25. The van der Waals surface area contributed by atoms with Gasteiger partial charge in [0.25, 0.3) is 0 Å². The standard InChI is InChI=1S/C16H22Cl2N2/c1-2-12-10-19-9-4-3-6-13(19)11-20(12)16-14(17)7-5-8-15(16)18/h5,7-8,12-13H,2-4,6,9-11H2,1H3. The SMILES string of the molecule is CCC1CN2CCCCC2CN1c1c(Cl)cccc1Cl. The molecule has 20 heavy (non-hydrogen) atoms. The molecule has 1 aromatic carbocycles. The third-order valence-corrected chi connectivity index (χ3v) is 5.35. The van der Waals surface area contributed by atoms with E-state index in [-0.39, 0.29) is 0 Å². The van der Waals surface area contributed by atoms with Crippen LogP contribution < -0.4 is 4.90 Å². The van der Waals surface area contributed by atoms with Gasteiger partial charge in [0, 0.05) is 25.2 Å². The number of anilines is 1. The Kier molecular flexibility index (Phi) is 4.44. The number of halogens is 2. The van der Waals surface area contributed by atoms with E-state index < -0.39 is 0 Å². The molecule has 0 bridgehead atoms. The van der Waals surface area contributed by atoms with E-state index in [1.807, 2.05) is 18.2 Å². The molecule has 2 atom stereocenters. The molecule has 0 aromatic heterocycles. The molecule has 0 saturated carbocycles. The number of fused-ring (bicyclic) bond motifs is 1. The van der Waals surface area contributed by atoms with Gasteiger partial charge in [-0.2, -0.15) is 0 Å². The Balaban J connectivity index is 1.90. The first kappa shape index (κ1) is 14.5. The molecule has 0 amide bonds. The second-order valence-electron chi connectivity index (χ2n) is 5.93. The van der Waals surface area contributed by atoms with Crippen molar-refractivity contribution in [2.24, 2.45) is 0 Å². The van der Waals surface area contributed by atoms with Crippen molar-refractivity contribution < 1.29 is 0 Å². The maximum absolute atomic E-state index is 6.42. The van der Waals surface area contributed by atoms with Crippen LogP contribution >= 0.6 is 23.2 Å². The van der Waals surface area contributed by atoms with E-state index in [4.69, 9.17) is 23.2 Å². The molecule has 2 heterocycles.